The maximum absolute atomic E-state index is 5.32. The molecule has 222 valence electrons. The topological polar surface area (TPSA) is 68.0 Å². The number of aliphatic imine (C=N–C) groups is 3. The van der Waals surface area contributed by atoms with Crippen molar-refractivity contribution in [1.29, 1.82) is 0 Å². The van der Waals surface area contributed by atoms with E-state index < -0.39 is 0 Å². The van der Waals surface area contributed by atoms with Gasteiger partial charge in [-0.05, 0) is 67.6 Å². The molecule has 44 heavy (non-hydrogen) atoms. The number of hydrazone groups is 1. The number of hydrogen-bond acceptors (Lipinski definition) is 6. The number of allylic oxidation sites excluding steroid dienone is 4. The van der Waals surface area contributed by atoms with Gasteiger partial charge in [-0.1, -0.05) is 92.4 Å². The van der Waals surface area contributed by atoms with E-state index in [0.29, 0.717) is 18.2 Å². The van der Waals surface area contributed by atoms with Crippen molar-refractivity contribution in [2.45, 2.75) is 53.2 Å². The highest BCUT2D eigenvalue weighted by Gasteiger charge is 2.41. The molecular weight excluding hydrogens is 542 g/mol. The molecule has 0 radical (unpaired) electrons. The fourth-order valence-electron chi connectivity index (χ4n) is 6.28. The van der Waals surface area contributed by atoms with Crippen LogP contribution in [0.5, 0.6) is 0 Å². The van der Waals surface area contributed by atoms with Crippen molar-refractivity contribution in [3.63, 3.8) is 0 Å². The number of nitrogens with one attached hydrogen (secondary N) is 1. The van der Waals surface area contributed by atoms with Crippen molar-refractivity contribution in [3.05, 3.63) is 128 Å². The fraction of sp³-hybridized carbons (Fsp3) is 0.243. The summed E-state index contributed by atoms with van der Waals surface area (Å²) in [5.74, 6) is 2.08. The van der Waals surface area contributed by atoms with Crippen LogP contribution in [0.3, 0.4) is 0 Å². The molecule has 0 saturated carbocycles. The first kappa shape index (κ1) is 29.2. The quantitative estimate of drug-likeness (QED) is 0.285. The minimum Gasteiger partial charge on any atom is -0.292 e. The summed E-state index contributed by atoms with van der Waals surface area (Å²) >= 11 is 0. The molecule has 0 bridgehead atoms. The molecule has 7 heteroatoms. The lowest BCUT2D eigenvalue weighted by Gasteiger charge is -2.36. The van der Waals surface area contributed by atoms with Crippen LogP contribution in [0.1, 0.15) is 67.6 Å². The standard InChI is InChI=1S/C37H39N7/c1-7-39-37-33-26(4)17-14-22-32(33)35(42-34-31-21-13-10-18-28(31)23-40-34)43(37)44(38-6)36(30-20-12-9-16-25(30)3)41-27(5)29-19-11-8-15-24(29)2/h8-10,12-18,20-22,37,39H,3,6-7,11,19,23H2,1-2,4-5H3/b36-30-,41-27+,42-35-. The van der Waals surface area contributed by atoms with Gasteiger partial charge in [0, 0.05) is 34.3 Å². The van der Waals surface area contributed by atoms with Crippen molar-refractivity contribution >= 4 is 36.5 Å². The molecule has 3 aromatic rings. The SMILES string of the molecule is C=NN(C(/N=C(\C)C1=C(C)C=CCC1)=c1/ccccc1=C)N1/C(=N\C2=NCc3ccccc32)c2cccc(C)c2C1NCC. The average Bonchev–Trinajstić information content (AvgIpc) is 3.58. The van der Waals surface area contributed by atoms with E-state index in [9.17, 15) is 0 Å². The molecule has 3 aromatic carbocycles. The molecule has 0 saturated heterocycles. The Morgan fingerprint density at radius 2 is 1.82 bits per heavy atom. The second-order valence-electron chi connectivity index (χ2n) is 11.3. The molecule has 1 unspecified atom stereocenters. The molecule has 0 spiro atoms. The number of nitrogens with zero attached hydrogens (tertiary/aromatic N) is 6. The van der Waals surface area contributed by atoms with E-state index >= 15 is 0 Å². The Kier molecular flexibility index (Phi) is 8.22. The first-order valence-corrected chi connectivity index (χ1v) is 15.2. The van der Waals surface area contributed by atoms with Crippen LogP contribution >= 0.6 is 0 Å². The summed E-state index contributed by atoms with van der Waals surface area (Å²) in [6, 6.07) is 22.7. The van der Waals surface area contributed by atoms with E-state index in [1.807, 2.05) is 36.4 Å². The monoisotopic (exact) mass is 581 g/mol. The summed E-state index contributed by atoms with van der Waals surface area (Å²) in [4.78, 5) is 15.5. The first-order valence-electron chi connectivity index (χ1n) is 15.2. The van der Waals surface area contributed by atoms with Crippen LogP contribution < -0.4 is 15.8 Å². The number of amidine groups is 2. The van der Waals surface area contributed by atoms with Gasteiger partial charge in [-0.3, -0.25) is 10.3 Å². The van der Waals surface area contributed by atoms with Gasteiger partial charge in [0.15, 0.2) is 17.5 Å². The minimum absolute atomic E-state index is 0.265. The zero-order chi connectivity index (χ0) is 30.8. The summed E-state index contributed by atoms with van der Waals surface area (Å²) in [5.41, 5.74) is 8.97. The Morgan fingerprint density at radius 1 is 1.05 bits per heavy atom. The van der Waals surface area contributed by atoms with Gasteiger partial charge in [0.2, 0.25) is 0 Å². The first-order chi connectivity index (χ1) is 21.4. The van der Waals surface area contributed by atoms with Crippen LogP contribution in [0, 0.1) is 6.92 Å². The van der Waals surface area contributed by atoms with Crippen LogP contribution in [0.2, 0.25) is 0 Å². The highest BCUT2D eigenvalue weighted by atomic mass is 15.8. The van der Waals surface area contributed by atoms with Crippen LogP contribution in [-0.4, -0.2) is 40.8 Å². The van der Waals surface area contributed by atoms with Crippen LogP contribution in [-0.2, 0) is 6.54 Å². The Hall–Kier alpha value is -4.88. The number of benzene rings is 3. The van der Waals surface area contributed by atoms with Crippen LogP contribution in [0.4, 0.5) is 0 Å². The van der Waals surface area contributed by atoms with Crippen LogP contribution in [0.25, 0.3) is 12.4 Å². The van der Waals surface area contributed by atoms with Gasteiger partial charge >= 0.3 is 0 Å². The maximum atomic E-state index is 5.32. The Morgan fingerprint density at radius 3 is 2.59 bits per heavy atom. The molecule has 6 rings (SSSR count). The summed E-state index contributed by atoms with van der Waals surface area (Å²) in [6.45, 7) is 18.3. The number of rotatable bonds is 7. The van der Waals surface area contributed by atoms with Gasteiger partial charge in [-0.25, -0.2) is 15.0 Å². The lowest BCUT2D eigenvalue weighted by molar-refractivity contribution is 0.0623. The zero-order valence-electron chi connectivity index (χ0n) is 26.0. The fourth-order valence-corrected chi connectivity index (χ4v) is 6.28. The van der Waals surface area contributed by atoms with E-state index in [1.54, 1.807) is 5.12 Å². The molecule has 7 nitrogen and oxygen atoms in total. The van der Waals surface area contributed by atoms with Gasteiger partial charge in [-0.2, -0.15) is 5.10 Å². The molecule has 1 N–H and O–H groups in total. The third-order valence-corrected chi connectivity index (χ3v) is 8.47. The molecule has 0 amide bonds. The van der Waals surface area contributed by atoms with Gasteiger partial charge < -0.3 is 0 Å². The largest absolute Gasteiger partial charge is 0.292 e. The van der Waals surface area contributed by atoms with Gasteiger partial charge in [0.25, 0.3) is 0 Å². The van der Waals surface area contributed by atoms with Crippen molar-refractivity contribution in [2.75, 3.05) is 6.54 Å². The predicted molar refractivity (Wildman–Crippen MR) is 183 cm³/mol. The lowest BCUT2D eigenvalue weighted by atomic mass is 9.95. The summed E-state index contributed by atoms with van der Waals surface area (Å²) < 4.78 is 0. The Bertz CT molecular complexity index is 1890. The molecule has 2 heterocycles. The number of hydrazine groups is 1. The number of fused-ring (bicyclic) bond motifs is 2. The second kappa shape index (κ2) is 12.4. The molecule has 1 atom stereocenters. The molecular formula is C37H39N7. The molecule has 0 aromatic heterocycles. The second-order valence-corrected chi connectivity index (χ2v) is 11.3. The minimum atomic E-state index is -0.265. The van der Waals surface area contributed by atoms with Crippen LogP contribution in [0.15, 0.2) is 110 Å². The van der Waals surface area contributed by atoms with E-state index in [-0.39, 0.29) is 6.17 Å². The highest BCUT2D eigenvalue weighted by Crippen LogP contribution is 2.38. The molecule has 3 aliphatic rings. The Balaban J connectivity index is 1.61. The highest BCUT2D eigenvalue weighted by molar-refractivity contribution is 6.14. The van der Waals surface area contributed by atoms with Gasteiger partial charge in [0.05, 0.1) is 6.54 Å². The van der Waals surface area contributed by atoms with E-state index in [4.69, 9.17) is 15.0 Å². The number of aryl methyl sites for hydroxylation is 1. The third-order valence-electron chi connectivity index (χ3n) is 8.47. The Labute approximate surface area is 259 Å². The zero-order valence-corrected chi connectivity index (χ0v) is 26.0. The summed E-state index contributed by atoms with van der Waals surface area (Å²) in [7, 11) is 0. The molecule has 1 aliphatic carbocycles. The average molecular weight is 582 g/mol. The van der Waals surface area contributed by atoms with Crippen molar-refractivity contribution < 1.29 is 0 Å². The maximum Gasteiger partial charge on any atom is 0.180 e. The summed E-state index contributed by atoms with van der Waals surface area (Å²) in [6.07, 6.45) is 6.07. The molecule has 0 fully saturated rings. The predicted octanol–water partition coefficient (Wildman–Crippen LogP) is 5.76. The van der Waals surface area contributed by atoms with Crippen molar-refractivity contribution in [2.24, 2.45) is 20.1 Å². The van der Waals surface area contributed by atoms with E-state index in [0.717, 1.165) is 63.6 Å². The smallest absolute Gasteiger partial charge is 0.180 e. The van der Waals surface area contributed by atoms with E-state index in [1.165, 1.54) is 16.7 Å². The third kappa shape index (κ3) is 5.24. The number of hydrogen-bond donors (Lipinski definition) is 1. The molecule has 2 aliphatic heterocycles. The summed E-state index contributed by atoms with van der Waals surface area (Å²) in [5, 5.41) is 14.0. The van der Waals surface area contributed by atoms with Crippen molar-refractivity contribution in [1.82, 2.24) is 15.4 Å². The van der Waals surface area contributed by atoms with Crippen molar-refractivity contribution in [3.8, 4) is 0 Å². The van der Waals surface area contributed by atoms with Gasteiger partial charge in [-0.15, -0.1) is 5.12 Å². The van der Waals surface area contributed by atoms with E-state index in [2.05, 4.69) is 98.9 Å². The lowest BCUT2D eigenvalue weighted by Crippen LogP contribution is -2.48. The normalized spacial score (nSPS) is 19.2. The van der Waals surface area contributed by atoms with Gasteiger partial charge in [0.1, 0.15) is 6.17 Å².